The molecule has 0 aliphatic carbocycles. The van der Waals surface area contributed by atoms with Gasteiger partial charge in [0.15, 0.2) is 9.84 Å². The lowest BCUT2D eigenvalue weighted by Crippen LogP contribution is -2.33. The first-order valence-electron chi connectivity index (χ1n) is 5.88. The van der Waals surface area contributed by atoms with Crippen molar-refractivity contribution in [1.29, 1.82) is 0 Å². The summed E-state index contributed by atoms with van der Waals surface area (Å²) in [5.74, 6) is 1.18. The van der Waals surface area contributed by atoms with Crippen LogP contribution in [0.25, 0.3) is 0 Å². The van der Waals surface area contributed by atoms with E-state index in [1.54, 1.807) is 6.07 Å². The minimum absolute atomic E-state index is 0.0600. The molecule has 0 spiro atoms. The Hall–Kier alpha value is -0.780. The Kier molecular flexibility index (Phi) is 4.48. The zero-order chi connectivity index (χ0) is 13.0. The van der Waals surface area contributed by atoms with E-state index in [1.807, 2.05) is 18.2 Å². The molecule has 1 aromatic carbocycles. The number of rotatable bonds is 5. The molecule has 6 heteroatoms. The van der Waals surface area contributed by atoms with E-state index < -0.39 is 9.84 Å². The van der Waals surface area contributed by atoms with Gasteiger partial charge in [-0.1, -0.05) is 23.7 Å². The van der Waals surface area contributed by atoms with Gasteiger partial charge in [-0.3, -0.25) is 0 Å². The molecule has 1 saturated heterocycles. The molecule has 1 fully saturated rings. The molecule has 0 amide bonds. The lowest BCUT2D eigenvalue weighted by Gasteiger charge is -2.12. The Morgan fingerprint density at radius 1 is 1.39 bits per heavy atom. The maximum Gasteiger partial charge on any atom is 0.151 e. The summed E-state index contributed by atoms with van der Waals surface area (Å²) >= 11 is 5.94. The van der Waals surface area contributed by atoms with Crippen LogP contribution in [0.2, 0.25) is 5.02 Å². The molecule has 1 N–H and O–H groups in total. The van der Waals surface area contributed by atoms with E-state index in [4.69, 9.17) is 16.3 Å². The average Bonchev–Trinajstić information content (AvgIpc) is 2.67. The minimum atomic E-state index is -2.82. The molecule has 0 bridgehead atoms. The Morgan fingerprint density at radius 2 is 2.17 bits per heavy atom. The second kappa shape index (κ2) is 5.91. The molecule has 0 saturated carbocycles. The number of ether oxygens (including phenoxy) is 1. The molecule has 1 atom stereocenters. The van der Waals surface area contributed by atoms with Crippen molar-refractivity contribution in [2.45, 2.75) is 12.5 Å². The van der Waals surface area contributed by atoms with E-state index in [0.29, 0.717) is 30.3 Å². The first-order valence-corrected chi connectivity index (χ1v) is 8.08. The molecular weight excluding hydrogens is 274 g/mol. The Morgan fingerprint density at radius 3 is 2.83 bits per heavy atom. The summed E-state index contributed by atoms with van der Waals surface area (Å²) in [6, 6.07) is 7.34. The smallest absolute Gasteiger partial charge is 0.151 e. The van der Waals surface area contributed by atoms with E-state index in [-0.39, 0.29) is 17.5 Å². The quantitative estimate of drug-likeness (QED) is 0.835. The molecule has 2 rings (SSSR count). The molecular formula is C12H16ClNO3S. The van der Waals surface area contributed by atoms with Crippen LogP contribution in [-0.4, -0.2) is 39.1 Å². The summed E-state index contributed by atoms with van der Waals surface area (Å²) in [5, 5.41) is 3.76. The third kappa shape index (κ3) is 3.86. The third-order valence-corrected chi connectivity index (χ3v) is 4.94. The van der Waals surface area contributed by atoms with Crippen molar-refractivity contribution in [1.82, 2.24) is 5.32 Å². The van der Waals surface area contributed by atoms with E-state index in [2.05, 4.69) is 5.32 Å². The number of sulfone groups is 1. The zero-order valence-corrected chi connectivity index (χ0v) is 11.5. The van der Waals surface area contributed by atoms with Crippen LogP contribution in [0.4, 0.5) is 0 Å². The highest BCUT2D eigenvalue weighted by Crippen LogP contribution is 2.22. The van der Waals surface area contributed by atoms with Gasteiger partial charge in [0, 0.05) is 12.6 Å². The molecule has 0 aromatic heterocycles. The summed E-state index contributed by atoms with van der Waals surface area (Å²) in [6.07, 6.45) is 0.689. The molecule has 4 nitrogen and oxygen atoms in total. The molecule has 1 heterocycles. The van der Waals surface area contributed by atoms with E-state index in [1.165, 1.54) is 0 Å². The highest BCUT2D eigenvalue weighted by Gasteiger charge is 2.26. The van der Waals surface area contributed by atoms with E-state index in [0.717, 1.165) is 0 Å². The molecule has 18 heavy (non-hydrogen) atoms. The van der Waals surface area contributed by atoms with Crippen LogP contribution in [0.15, 0.2) is 24.3 Å². The van der Waals surface area contributed by atoms with Gasteiger partial charge in [0.25, 0.3) is 0 Å². The summed E-state index contributed by atoms with van der Waals surface area (Å²) < 4.78 is 28.0. The zero-order valence-electron chi connectivity index (χ0n) is 9.93. The number of hydrogen-bond acceptors (Lipinski definition) is 4. The first-order chi connectivity index (χ1) is 8.57. The van der Waals surface area contributed by atoms with Crippen molar-refractivity contribution in [3.8, 4) is 5.75 Å². The van der Waals surface area contributed by atoms with Gasteiger partial charge in [0.05, 0.1) is 16.5 Å². The van der Waals surface area contributed by atoms with Crippen molar-refractivity contribution >= 4 is 21.4 Å². The van der Waals surface area contributed by atoms with E-state index >= 15 is 0 Å². The molecule has 1 unspecified atom stereocenters. The van der Waals surface area contributed by atoms with Crippen LogP contribution in [0.1, 0.15) is 6.42 Å². The molecule has 1 aliphatic heterocycles. The monoisotopic (exact) mass is 289 g/mol. The maximum atomic E-state index is 11.3. The van der Waals surface area contributed by atoms with Crippen LogP contribution in [0, 0.1) is 0 Å². The predicted molar refractivity (Wildman–Crippen MR) is 72.0 cm³/mol. The van der Waals surface area contributed by atoms with Gasteiger partial charge in [-0.25, -0.2) is 8.42 Å². The fourth-order valence-corrected chi connectivity index (χ4v) is 3.84. The Labute approximate surface area is 112 Å². The van der Waals surface area contributed by atoms with Gasteiger partial charge < -0.3 is 10.1 Å². The number of nitrogens with one attached hydrogen (secondary N) is 1. The highest BCUT2D eigenvalue weighted by atomic mass is 35.5. The van der Waals surface area contributed by atoms with Gasteiger partial charge >= 0.3 is 0 Å². The van der Waals surface area contributed by atoms with Crippen molar-refractivity contribution < 1.29 is 13.2 Å². The van der Waals surface area contributed by atoms with Gasteiger partial charge in [0.1, 0.15) is 12.4 Å². The Bertz CT molecular complexity index is 504. The lowest BCUT2D eigenvalue weighted by atomic mass is 10.3. The Balaban J connectivity index is 1.70. The molecule has 100 valence electrons. The minimum Gasteiger partial charge on any atom is -0.491 e. The largest absolute Gasteiger partial charge is 0.491 e. The highest BCUT2D eigenvalue weighted by molar-refractivity contribution is 7.91. The van der Waals surface area contributed by atoms with Crippen LogP contribution in [0.5, 0.6) is 5.75 Å². The standard InChI is InChI=1S/C12H16ClNO3S/c13-11-3-1-2-4-12(11)17-7-6-14-10-5-8-18(15,16)9-10/h1-4,10,14H,5-9H2. The van der Waals surface area contributed by atoms with Crippen molar-refractivity contribution in [3.05, 3.63) is 29.3 Å². The van der Waals surface area contributed by atoms with Gasteiger partial charge in [-0.05, 0) is 18.6 Å². The summed E-state index contributed by atoms with van der Waals surface area (Å²) in [4.78, 5) is 0. The van der Waals surface area contributed by atoms with Gasteiger partial charge in [-0.15, -0.1) is 0 Å². The molecule has 0 radical (unpaired) electrons. The number of benzene rings is 1. The molecule has 1 aromatic rings. The number of halogens is 1. The predicted octanol–water partition coefficient (Wildman–Crippen LogP) is 1.50. The third-order valence-electron chi connectivity index (χ3n) is 2.86. The number of para-hydroxylation sites is 1. The lowest BCUT2D eigenvalue weighted by molar-refractivity contribution is 0.307. The van der Waals surface area contributed by atoms with Gasteiger partial charge in [-0.2, -0.15) is 0 Å². The molecule has 1 aliphatic rings. The van der Waals surface area contributed by atoms with Crippen molar-refractivity contribution in [2.75, 3.05) is 24.7 Å². The average molecular weight is 290 g/mol. The normalized spacial score (nSPS) is 21.9. The summed E-state index contributed by atoms with van der Waals surface area (Å²) in [7, 11) is -2.82. The fourth-order valence-electron chi connectivity index (χ4n) is 1.94. The van der Waals surface area contributed by atoms with Crippen molar-refractivity contribution in [3.63, 3.8) is 0 Å². The second-order valence-corrected chi connectivity index (χ2v) is 6.97. The topological polar surface area (TPSA) is 55.4 Å². The van der Waals surface area contributed by atoms with E-state index in [9.17, 15) is 8.42 Å². The first kappa shape index (κ1) is 13.6. The number of hydrogen-bond donors (Lipinski definition) is 1. The van der Waals surface area contributed by atoms with Crippen LogP contribution in [-0.2, 0) is 9.84 Å². The van der Waals surface area contributed by atoms with Crippen molar-refractivity contribution in [2.24, 2.45) is 0 Å². The SMILES string of the molecule is O=S1(=O)CCC(NCCOc2ccccc2Cl)C1. The van der Waals surface area contributed by atoms with Crippen LogP contribution < -0.4 is 10.1 Å². The second-order valence-electron chi connectivity index (χ2n) is 4.33. The summed E-state index contributed by atoms with van der Waals surface area (Å²) in [5.41, 5.74) is 0. The maximum absolute atomic E-state index is 11.3. The fraction of sp³-hybridized carbons (Fsp3) is 0.500. The summed E-state index contributed by atoms with van der Waals surface area (Å²) in [6.45, 7) is 1.09. The van der Waals surface area contributed by atoms with Crippen LogP contribution >= 0.6 is 11.6 Å². The van der Waals surface area contributed by atoms with Crippen LogP contribution in [0.3, 0.4) is 0 Å². The van der Waals surface area contributed by atoms with Gasteiger partial charge in [0.2, 0.25) is 0 Å².